The highest BCUT2D eigenvalue weighted by atomic mass is 16.2. The fourth-order valence-electron chi connectivity index (χ4n) is 5.50. The molecule has 7 heteroatoms. The summed E-state index contributed by atoms with van der Waals surface area (Å²) in [5.41, 5.74) is 0.299. The lowest BCUT2D eigenvalue weighted by atomic mass is 9.85. The van der Waals surface area contributed by atoms with Crippen LogP contribution >= 0.6 is 0 Å². The number of para-hydroxylation sites is 1. The minimum absolute atomic E-state index is 0.0139. The van der Waals surface area contributed by atoms with Crippen LogP contribution < -0.4 is 4.90 Å². The first-order valence-electron chi connectivity index (χ1n) is 13.6. The number of benzene rings is 1. The largest absolute Gasteiger partial charge is 0.342 e. The van der Waals surface area contributed by atoms with E-state index in [0.717, 1.165) is 18.5 Å². The quantitative estimate of drug-likeness (QED) is 0.416. The molecular weight excluding hydrogens is 440 g/mol. The second-order valence-electron chi connectivity index (χ2n) is 9.90. The van der Waals surface area contributed by atoms with Crippen LogP contribution in [0.5, 0.6) is 0 Å². The van der Waals surface area contributed by atoms with Gasteiger partial charge in [0.2, 0.25) is 11.8 Å². The molecule has 1 aromatic carbocycles. The lowest BCUT2D eigenvalue weighted by molar-refractivity contribution is -0.142. The van der Waals surface area contributed by atoms with E-state index in [-0.39, 0.29) is 24.3 Å². The van der Waals surface area contributed by atoms with Crippen LogP contribution in [0.15, 0.2) is 30.3 Å². The van der Waals surface area contributed by atoms with Crippen molar-refractivity contribution in [2.75, 3.05) is 44.3 Å². The molecule has 0 radical (unpaired) electrons. The van der Waals surface area contributed by atoms with E-state index in [4.69, 9.17) is 0 Å². The van der Waals surface area contributed by atoms with Crippen LogP contribution in [0.3, 0.4) is 0 Å². The maximum absolute atomic E-state index is 13.8. The highest BCUT2D eigenvalue weighted by Crippen LogP contribution is 2.39. The predicted octanol–water partition coefficient (Wildman–Crippen LogP) is 4.27. The number of hydrogen-bond donors (Lipinski definition) is 0. The molecule has 2 heterocycles. The smallest absolute Gasteiger partial charge is 0.250 e. The number of nitrogens with zero attached hydrogens (tertiary/aromatic N) is 4. The maximum Gasteiger partial charge on any atom is 0.250 e. The highest BCUT2D eigenvalue weighted by molar-refractivity contribution is 5.96. The van der Waals surface area contributed by atoms with Crippen molar-refractivity contribution in [2.24, 2.45) is 0 Å². The Morgan fingerprint density at radius 2 is 1.54 bits per heavy atom. The van der Waals surface area contributed by atoms with Gasteiger partial charge in [-0.2, -0.15) is 0 Å². The Morgan fingerprint density at radius 3 is 2.17 bits per heavy atom. The number of rotatable bonds is 12. The lowest BCUT2D eigenvalue weighted by Gasteiger charge is -2.43. The Hall–Kier alpha value is -2.57. The van der Waals surface area contributed by atoms with E-state index in [1.165, 1.54) is 25.7 Å². The third-order valence-corrected chi connectivity index (χ3v) is 7.71. The van der Waals surface area contributed by atoms with Gasteiger partial charge in [0.1, 0.15) is 12.1 Å². The molecular formula is C28H44N4O3. The van der Waals surface area contributed by atoms with Gasteiger partial charge < -0.3 is 19.6 Å². The second-order valence-corrected chi connectivity index (χ2v) is 9.90. The van der Waals surface area contributed by atoms with Crippen molar-refractivity contribution in [3.05, 3.63) is 30.3 Å². The second kappa shape index (κ2) is 12.9. The van der Waals surface area contributed by atoms with E-state index in [1.807, 2.05) is 49.1 Å². The zero-order chi connectivity index (χ0) is 25.3. The average molecular weight is 485 g/mol. The average Bonchev–Trinajstić information content (AvgIpc) is 3.13. The monoisotopic (exact) mass is 484 g/mol. The van der Waals surface area contributed by atoms with Crippen molar-refractivity contribution in [3.8, 4) is 0 Å². The van der Waals surface area contributed by atoms with E-state index in [9.17, 15) is 14.4 Å². The summed E-state index contributed by atoms with van der Waals surface area (Å²) in [6.45, 7) is 9.09. The van der Waals surface area contributed by atoms with Gasteiger partial charge >= 0.3 is 0 Å². The summed E-state index contributed by atoms with van der Waals surface area (Å²) >= 11 is 0. The molecule has 0 aromatic heterocycles. The molecule has 2 aliphatic heterocycles. The molecule has 0 bridgehead atoms. The maximum atomic E-state index is 13.8. The molecule has 0 unspecified atom stereocenters. The van der Waals surface area contributed by atoms with Crippen LogP contribution in [0.2, 0.25) is 0 Å². The van der Waals surface area contributed by atoms with Crippen LogP contribution in [-0.4, -0.2) is 77.4 Å². The van der Waals surface area contributed by atoms with Crippen molar-refractivity contribution in [1.82, 2.24) is 14.7 Å². The minimum Gasteiger partial charge on any atom is -0.342 e. The molecule has 3 amide bonds. The van der Waals surface area contributed by atoms with Crippen molar-refractivity contribution in [1.29, 1.82) is 0 Å². The number of likely N-dealkylation sites (tertiary alicyclic amines) is 1. The van der Waals surface area contributed by atoms with Gasteiger partial charge in [-0.3, -0.25) is 14.4 Å². The van der Waals surface area contributed by atoms with Gasteiger partial charge in [-0.25, -0.2) is 0 Å². The summed E-state index contributed by atoms with van der Waals surface area (Å²) in [7, 11) is 0. The summed E-state index contributed by atoms with van der Waals surface area (Å²) < 4.78 is 0. The SMILES string of the molecule is CCCCCCCCC(=O)N1CCC2(CC1)C(=O)N(CC(=O)N(CC)CC)CN2c1ccccc1. The first-order valence-corrected chi connectivity index (χ1v) is 13.6. The molecule has 1 spiro atoms. The number of amides is 3. The molecule has 1 aromatic rings. The number of likely N-dealkylation sites (N-methyl/N-ethyl adjacent to an activating group) is 1. The normalized spacial score (nSPS) is 17.3. The molecule has 2 aliphatic rings. The highest BCUT2D eigenvalue weighted by Gasteiger charge is 2.54. The summed E-state index contributed by atoms with van der Waals surface area (Å²) in [6, 6.07) is 9.99. The summed E-state index contributed by atoms with van der Waals surface area (Å²) in [4.78, 5) is 47.0. The van der Waals surface area contributed by atoms with Gasteiger partial charge in [0, 0.05) is 38.3 Å². The van der Waals surface area contributed by atoms with Gasteiger partial charge in [-0.1, -0.05) is 57.2 Å². The van der Waals surface area contributed by atoms with Crippen molar-refractivity contribution in [3.63, 3.8) is 0 Å². The zero-order valence-corrected chi connectivity index (χ0v) is 22.0. The van der Waals surface area contributed by atoms with Gasteiger partial charge in [0.25, 0.3) is 5.91 Å². The molecule has 3 rings (SSSR count). The van der Waals surface area contributed by atoms with E-state index in [1.54, 1.807) is 9.80 Å². The fraction of sp³-hybridized carbons (Fsp3) is 0.679. The molecule has 0 saturated carbocycles. The van der Waals surface area contributed by atoms with Gasteiger partial charge in [-0.15, -0.1) is 0 Å². The minimum atomic E-state index is -0.693. The van der Waals surface area contributed by atoms with E-state index < -0.39 is 5.54 Å². The number of carbonyl (C=O) groups is 3. The lowest BCUT2D eigenvalue weighted by Crippen LogP contribution is -2.57. The van der Waals surface area contributed by atoms with E-state index in [0.29, 0.717) is 52.1 Å². The summed E-state index contributed by atoms with van der Waals surface area (Å²) in [5, 5.41) is 0. The standard InChI is InChI=1S/C28H44N4O3/c1-4-7-8-9-10-14-17-25(33)30-20-18-28(19-21-30)27(35)31(22-26(34)29(5-2)6-3)23-32(28)24-15-12-11-13-16-24/h11-13,15-16H,4-10,14,17-23H2,1-3H3. The molecule has 35 heavy (non-hydrogen) atoms. The van der Waals surface area contributed by atoms with Crippen LogP contribution in [-0.2, 0) is 14.4 Å². The Balaban J connectivity index is 1.66. The zero-order valence-electron chi connectivity index (χ0n) is 22.0. The number of piperidine rings is 1. The summed E-state index contributed by atoms with van der Waals surface area (Å²) in [5.74, 6) is 0.213. The van der Waals surface area contributed by atoms with Crippen LogP contribution in [0.4, 0.5) is 5.69 Å². The Bertz CT molecular complexity index is 832. The number of unbranched alkanes of at least 4 members (excludes halogenated alkanes) is 5. The Morgan fingerprint density at radius 1 is 0.914 bits per heavy atom. The Kier molecular flexibility index (Phi) is 9.99. The fourth-order valence-corrected chi connectivity index (χ4v) is 5.50. The molecule has 2 fully saturated rings. The van der Waals surface area contributed by atoms with E-state index >= 15 is 0 Å². The third-order valence-electron chi connectivity index (χ3n) is 7.71. The number of anilines is 1. The van der Waals surface area contributed by atoms with Crippen LogP contribution in [0, 0.1) is 0 Å². The first-order chi connectivity index (χ1) is 17.0. The number of carbonyl (C=O) groups excluding carboxylic acids is 3. The number of hydrogen-bond acceptors (Lipinski definition) is 4. The topological polar surface area (TPSA) is 64.2 Å². The molecule has 194 valence electrons. The Labute approximate surface area is 211 Å². The van der Waals surface area contributed by atoms with Crippen molar-refractivity contribution < 1.29 is 14.4 Å². The third kappa shape index (κ3) is 6.36. The molecule has 0 aliphatic carbocycles. The van der Waals surface area contributed by atoms with Crippen LogP contribution in [0.25, 0.3) is 0 Å². The predicted molar refractivity (Wildman–Crippen MR) is 140 cm³/mol. The van der Waals surface area contributed by atoms with Gasteiger partial charge in [0.15, 0.2) is 0 Å². The first kappa shape index (κ1) is 27.0. The molecule has 0 atom stereocenters. The van der Waals surface area contributed by atoms with E-state index in [2.05, 4.69) is 11.8 Å². The van der Waals surface area contributed by atoms with Crippen molar-refractivity contribution >= 4 is 23.4 Å². The summed E-state index contributed by atoms with van der Waals surface area (Å²) in [6.07, 6.45) is 8.80. The van der Waals surface area contributed by atoms with Crippen molar-refractivity contribution in [2.45, 2.75) is 84.1 Å². The molecule has 0 N–H and O–H groups in total. The van der Waals surface area contributed by atoms with Gasteiger partial charge in [0.05, 0.1) is 6.67 Å². The molecule has 2 saturated heterocycles. The van der Waals surface area contributed by atoms with Crippen LogP contribution in [0.1, 0.15) is 78.6 Å². The molecule has 7 nitrogen and oxygen atoms in total. The van der Waals surface area contributed by atoms with Gasteiger partial charge in [-0.05, 0) is 45.2 Å².